The molecule has 0 aromatic rings. The number of rotatable bonds is 6. The number of carbonyl (C=O) groups is 4. The molecule has 0 saturated carbocycles. The summed E-state index contributed by atoms with van der Waals surface area (Å²) in [7, 11) is 0. The molecule has 0 bridgehead atoms. The fraction of sp³-hybridized carbons (Fsp3) is 0.556. The third kappa shape index (κ3) is 3.88. The zero-order chi connectivity index (χ0) is 12.0. The molecule has 0 saturated heterocycles. The summed E-state index contributed by atoms with van der Waals surface area (Å²) < 4.78 is 0. The van der Waals surface area contributed by atoms with Crippen LogP contribution < -0.4 is 5.43 Å². The van der Waals surface area contributed by atoms with Gasteiger partial charge in [0.05, 0.1) is 0 Å². The van der Waals surface area contributed by atoms with E-state index in [1.165, 1.54) is 6.92 Å². The first-order valence-corrected chi connectivity index (χ1v) is 4.44. The topological polar surface area (TPSA) is 83.6 Å². The lowest BCUT2D eigenvalue weighted by atomic mass is 9.92. The number of hydrogen-bond donors (Lipinski definition) is 1. The number of carbonyl (C=O) groups excluding carboxylic acids is 4. The molecule has 0 aliphatic rings. The summed E-state index contributed by atoms with van der Waals surface area (Å²) >= 11 is 0. The molecule has 0 unspecified atom stereocenters. The molecule has 3 amide bonds. The van der Waals surface area contributed by atoms with E-state index in [1.54, 1.807) is 13.8 Å². The highest BCUT2D eigenvalue weighted by Crippen LogP contribution is 2.11. The Kier molecular flexibility index (Phi) is 5.22. The van der Waals surface area contributed by atoms with Gasteiger partial charge in [-0.25, -0.2) is 0 Å². The molecule has 0 radical (unpaired) electrons. The molecule has 0 heterocycles. The van der Waals surface area contributed by atoms with Crippen molar-refractivity contribution in [2.24, 2.45) is 11.8 Å². The highest BCUT2D eigenvalue weighted by atomic mass is 16.2. The van der Waals surface area contributed by atoms with Crippen molar-refractivity contribution >= 4 is 24.5 Å². The molecule has 6 heteroatoms. The van der Waals surface area contributed by atoms with Crippen molar-refractivity contribution in [3.8, 4) is 0 Å². The first-order chi connectivity index (χ1) is 6.93. The average Bonchev–Trinajstić information content (AvgIpc) is 2.23. The van der Waals surface area contributed by atoms with Gasteiger partial charge in [-0.1, -0.05) is 13.8 Å². The van der Waals surface area contributed by atoms with Gasteiger partial charge >= 0.3 is 0 Å². The standard InChI is InChI=1S/C9H14N2O4/c1-6(8(3)14)7(2)9(15)10-11(4-12)5-13/h4-7H,1-3H3,(H,10,15)/t6-,7+/m0/s1. The quantitative estimate of drug-likeness (QED) is 0.477. The van der Waals surface area contributed by atoms with Crippen LogP contribution in [0.2, 0.25) is 0 Å². The summed E-state index contributed by atoms with van der Waals surface area (Å²) in [4.78, 5) is 42.8. The largest absolute Gasteiger partial charge is 0.300 e. The molecule has 0 rings (SSSR count). The summed E-state index contributed by atoms with van der Waals surface area (Å²) in [6.45, 7) is 4.54. The monoisotopic (exact) mass is 214 g/mol. The van der Waals surface area contributed by atoms with Crippen molar-refractivity contribution in [2.45, 2.75) is 20.8 Å². The summed E-state index contributed by atoms with van der Waals surface area (Å²) in [5, 5.41) is 0.464. The van der Waals surface area contributed by atoms with Crippen molar-refractivity contribution in [1.29, 1.82) is 0 Å². The summed E-state index contributed by atoms with van der Waals surface area (Å²) in [6, 6.07) is 0. The minimum Gasteiger partial charge on any atom is -0.300 e. The van der Waals surface area contributed by atoms with Gasteiger partial charge in [-0.2, -0.15) is 5.01 Å². The van der Waals surface area contributed by atoms with Crippen LogP contribution in [-0.2, 0) is 19.2 Å². The molecule has 0 aliphatic heterocycles. The fourth-order valence-corrected chi connectivity index (χ4v) is 0.886. The number of ketones is 1. The van der Waals surface area contributed by atoms with Gasteiger partial charge in [-0.15, -0.1) is 0 Å². The van der Waals surface area contributed by atoms with Gasteiger partial charge < -0.3 is 0 Å². The van der Waals surface area contributed by atoms with E-state index in [2.05, 4.69) is 5.43 Å². The van der Waals surface area contributed by atoms with E-state index < -0.39 is 17.7 Å². The Balaban J connectivity index is 4.38. The third-order valence-corrected chi connectivity index (χ3v) is 2.27. The maximum Gasteiger partial charge on any atom is 0.242 e. The molecular formula is C9H14N2O4. The average molecular weight is 214 g/mol. The second-order valence-corrected chi connectivity index (χ2v) is 3.28. The molecule has 2 atom stereocenters. The third-order valence-electron chi connectivity index (χ3n) is 2.27. The molecule has 84 valence electrons. The normalized spacial score (nSPS) is 13.5. The molecule has 6 nitrogen and oxygen atoms in total. The number of hydrogen-bond acceptors (Lipinski definition) is 4. The van der Waals surface area contributed by atoms with Crippen molar-refractivity contribution in [3.63, 3.8) is 0 Å². The maximum atomic E-state index is 11.4. The molecular weight excluding hydrogens is 200 g/mol. The molecule has 0 aromatic carbocycles. The van der Waals surface area contributed by atoms with Gasteiger partial charge in [0.15, 0.2) is 0 Å². The van der Waals surface area contributed by atoms with Gasteiger partial charge in [-0.3, -0.25) is 24.6 Å². The van der Waals surface area contributed by atoms with E-state index in [0.29, 0.717) is 5.01 Å². The lowest BCUT2D eigenvalue weighted by Crippen LogP contribution is -2.44. The van der Waals surface area contributed by atoms with Gasteiger partial charge in [0, 0.05) is 11.8 Å². The van der Waals surface area contributed by atoms with Crippen molar-refractivity contribution in [1.82, 2.24) is 10.4 Å². The lowest BCUT2D eigenvalue weighted by molar-refractivity contribution is -0.143. The Morgan fingerprint density at radius 2 is 1.60 bits per heavy atom. The molecule has 0 aliphatic carbocycles. The Bertz CT molecular complexity index is 269. The van der Waals surface area contributed by atoms with Crippen LogP contribution in [0.15, 0.2) is 0 Å². The van der Waals surface area contributed by atoms with Crippen molar-refractivity contribution < 1.29 is 19.2 Å². The highest BCUT2D eigenvalue weighted by Gasteiger charge is 2.24. The number of imide groups is 1. The summed E-state index contributed by atoms with van der Waals surface area (Å²) in [5.74, 6) is -1.71. The zero-order valence-electron chi connectivity index (χ0n) is 8.89. The van der Waals surface area contributed by atoms with Gasteiger partial charge in [0.2, 0.25) is 18.7 Å². The first kappa shape index (κ1) is 13.3. The second kappa shape index (κ2) is 5.90. The Labute approximate surface area is 87.6 Å². The number of Topliss-reactive ketones (excluding diaryl/α,β-unsaturated/α-hetero) is 1. The first-order valence-electron chi connectivity index (χ1n) is 4.44. The Hall–Kier alpha value is -1.72. The van der Waals surface area contributed by atoms with E-state index in [-0.39, 0.29) is 18.6 Å². The fourth-order valence-electron chi connectivity index (χ4n) is 0.886. The van der Waals surface area contributed by atoms with Crippen molar-refractivity contribution in [2.75, 3.05) is 0 Å². The van der Waals surface area contributed by atoms with Gasteiger partial charge in [-0.05, 0) is 6.92 Å². The number of hydrazine groups is 1. The van der Waals surface area contributed by atoms with Crippen LogP contribution in [0.5, 0.6) is 0 Å². The van der Waals surface area contributed by atoms with E-state index in [9.17, 15) is 19.2 Å². The van der Waals surface area contributed by atoms with E-state index in [1.807, 2.05) is 0 Å². The van der Waals surface area contributed by atoms with Crippen LogP contribution in [0.25, 0.3) is 0 Å². The smallest absolute Gasteiger partial charge is 0.242 e. The van der Waals surface area contributed by atoms with Crippen molar-refractivity contribution in [3.05, 3.63) is 0 Å². The van der Waals surface area contributed by atoms with Crippen LogP contribution >= 0.6 is 0 Å². The Morgan fingerprint density at radius 1 is 1.13 bits per heavy atom. The van der Waals surface area contributed by atoms with E-state index in [0.717, 1.165) is 0 Å². The van der Waals surface area contributed by atoms with Crippen LogP contribution in [0.1, 0.15) is 20.8 Å². The predicted octanol–water partition coefficient (Wildman–Crippen LogP) is -0.506. The molecule has 0 spiro atoms. The van der Waals surface area contributed by atoms with Crippen LogP contribution in [-0.4, -0.2) is 29.5 Å². The SMILES string of the molecule is CC(=O)[C@@H](C)[C@@H](C)C(=O)NN(C=O)C=O. The van der Waals surface area contributed by atoms with E-state index >= 15 is 0 Å². The second-order valence-electron chi connectivity index (χ2n) is 3.28. The van der Waals surface area contributed by atoms with Gasteiger partial charge in [0.1, 0.15) is 5.78 Å². The van der Waals surface area contributed by atoms with Gasteiger partial charge in [0.25, 0.3) is 0 Å². The molecule has 0 aromatic heterocycles. The minimum atomic E-state index is -0.593. The number of nitrogens with zero attached hydrogens (tertiary/aromatic N) is 1. The summed E-state index contributed by atoms with van der Waals surface area (Å²) in [6.07, 6.45) is 0.353. The zero-order valence-corrected chi connectivity index (χ0v) is 8.89. The minimum absolute atomic E-state index is 0.124. The molecule has 0 fully saturated rings. The molecule has 1 N–H and O–H groups in total. The Morgan fingerprint density at radius 3 is 1.93 bits per heavy atom. The number of nitrogens with one attached hydrogen (secondary N) is 1. The molecule has 15 heavy (non-hydrogen) atoms. The predicted molar refractivity (Wildman–Crippen MR) is 51.1 cm³/mol. The van der Waals surface area contributed by atoms with Crippen LogP contribution in [0.3, 0.4) is 0 Å². The lowest BCUT2D eigenvalue weighted by Gasteiger charge is -2.18. The van der Waals surface area contributed by atoms with E-state index in [4.69, 9.17) is 0 Å². The highest BCUT2D eigenvalue weighted by molar-refractivity contribution is 5.88. The van der Waals surface area contributed by atoms with Crippen LogP contribution in [0, 0.1) is 11.8 Å². The summed E-state index contributed by atoms with van der Waals surface area (Å²) in [5.41, 5.74) is 2.06. The maximum absolute atomic E-state index is 11.4. The van der Waals surface area contributed by atoms with Crippen LogP contribution in [0.4, 0.5) is 0 Å². The number of amides is 3.